The Kier molecular flexibility index (Phi) is 8.22. The predicted molar refractivity (Wildman–Crippen MR) is 161 cm³/mol. The van der Waals surface area contributed by atoms with Gasteiger partial charge in [0.25, 0.3) is 0 Å². The van der Waals surface area contributed by atoms with Crippen LogP contribution in [0.1, 0.15) is 46.4 Å². The van der Waals surface area contributed by atoms with Gasteiger partial charge in [0.05, 0.1) is 12.1 Å². The fourth-order valence-corrected chi connectivity index (χ4v) is 7.50. The number of hydrogen-bond acceptors (Lipinski definition) is 4. The third kappa shape index (κ3) is 5.35. The van der Waals surface area contributed by atoms with Crippen LogP contribution in [0.5, 0.6) is 0 Å². The molecule has 1 aromatic heterocycles. The average molecular weight is 553 g/mol. The zero-order valence-corrected chi connectivity index (χ0v) is 24.0. The molecule has 2 heterocycles. The van der Waals surface area contributed by atoms with Crippen molar-refractivity contribution in [3.8, 4) is 6.07 Å². The molecule has 40 heavy (non-hydrogen) atoms. The van der Waals surface area contributed by atoms with Crippen molar-refractivity contribution in [1.82, 2.24) is 13.8 Å². The number of allylic oxidation sites excluding steroid dienone is 1. The monoisotopic (exact) mass is 552 g/mol. The van der Waals surface area contributed by atoms with E-state index in [9.17, 15) is 13.7 Å². The summed E-state index contributed by atoms with van der Waals surface area (Å²) < 4.78 is 31.9. The molecule has 0 aliphatic carbocycles. The van der Waals surface area contributed by atoms with E-state index in [-0.39, 0.29) is 0 Å². The molecule has 4 aromatic rings. The molecule has 0 amide bonds. The first-order valence-electron chi connectivity index (χ1n) is 13.7. The second-order valence-corrected chi connectivity index (χ2v) is 12.7. The fourth-order valence-electron chi connectivity index (χ4n) is 6.00. The van der Waals surface area contributed by atoms with Gasteiger partial charge in [-0.05, 0) is 67.2 Å². The molecule has 3 aromatic carbocycles. The van der Waals surface area contributed by atoms with E-state index in [1.165, 1.54) is 16.3 Å². The highest BCUT2D eigenvalue weighted by atomic mass is 32.2. The number of likely N-dealkylation sites (N-methyl/N-ethyl adjacent to an activating group) is 1. The third-order valence-corrected chi connectivity index (χ3v) is 10.1. The molecule has 1 fully saturated rings. The first-order chi connectivity index (χ1) is 19.3. The molecular formula is C33H36N4O2S. The lowest BCUT2D eigenvalue weighted by Gasteiger charge is -2.30. The molecular weight excluding hydrogens is 516 g/mol. The Labute approximate surface area is 237 Å². The lowest BCUT2D eigenvalue weighted by Crippen LogP contribution is -2.35. The van der Waals surface area contributed by atoms with E-state index in [2.05, 4.69) is 35.4 Å². The number of fused-ring (bicyclic) bond motifs is 1. The van der Waals surface area contributed by atoms with Gasteiger partial charge in [0.1, 0.15) is 0 Å². The summed E-state index contributed by atoms with van der Waals surface area (Å²) in [5.41, 5.74) is 4.37. The van der Waals surface area contributed by atoms with E-state index in [1.54, 1.807) is 13.1 Å². The molecule has 1 aliphatic heterocycles. The van der Waals surface area contributed by atoms with Crippen molar-refractivity contribution in [3.63, 3.8) is 0 Å². The number of likely N-dealkylation sites (tertiary alicyclic amines) is 1. The first kappa shape index (κ1) is 27.9. The third-order valence-electron chi connectivity index (χ3n) is 8.15. The second-order valence-electron chi connectivity index (χ2n) is 10.6. The Morgan fingerprint density at radius 1 is 1.05 bits per heavy atom. The molecule has 1 aliphatic rings. The Morgan fingerprint density at radius 2 is 1.70 bits per heavy atom. The summed E-state index contributed by atoms with van der Waals surface area (Å²) >= 11 is 0. The van der Waals surface area contributed by atoms with Crippen molar-refractivity contribution in [2.45, 2.75) is 43.1 Å². The maximum absolute atomic E-state index is 14.2. The van der Waals surface area contributed by atoms with Gasteiger partial charge in [0, 0.05) is 36.7 Å². The molecule has 206 valence electrons. The molecule has 0 radical (unpaired) electrons. The minimum atomic E-state index is -4.07. The number of rotatable bonds is 10. The molecule has 1 unspecified atom stereocenters. The minimum Gasteiger partial charge on any atom is -0.343 e. The predicted octanol–water partition coefficient (Wildman–Crippen LogP) is 6.08. The Morgan fingerprint density at radius 3 is 2.25 bits per heavy atom. The summed E-state index contributed by atoms with van der Waals surface area (Å²) in [6.45, 7) is 5.66. The smallest absolute Gasteiger partial charge is 0.235 e. The second kappa shape index (κ2) is 11.8. The Bertz CT molecular complexity index is 1580. The molecule has 2 atom stereocenters. The van der Waals surface area contributed by atoms with Crippen molar-refractivity contribution in [3.05, 3.63) is 120 Å². The zero-order chi connectivity index (χ0) is 28.3. The van der Waals surface area contributed by atoms with E-state index in [1.807, 2.05) is 78.9 Å². The molecule has 0 saturated carbocycles. The molecule has 7 heteroatoms. The first-order valence-corrected chi connectivity index (χ1v) is 15.2. The van der Waals surface area contributed by atoms with Gasteiger partial charge in [-0.25, -0.2) is 8.42 Å². The lowest BCUT2D eigenvalue weighted by atomic mass is 9.99. The summed E-state index contributed by atoms with van der Waals surface area (Å²) in [6, 6.07) is 26.8. The van der Waals surface area contributed by atoms with Crippen LogP contribution in [0.25, 0.3) is 10.9 Å². The van der Waals surface area contributed by atoms with E-state index in [0.29, 0.717) is 18.2 Å². The summed E-state index contributed by atoms with van der Waals surface area (Å²) in [7, 11) is -0.338. The van der Waals surface area contributed by atoms with Gasteiger partial charge in [-0.1, -0.05) is 72.8 Å². The van der Waals surface area contributed by atoms with Gasteiger partial charge in [-0.15, -0.1) is 6.58 Å². The van der Waals surface area contributed by atoms with E-state index in [0.717, 1.165) is 41.4 Å². The van der Waals surface area contributed by atoms with Crippen molar-refractivity contribution in [2.75, 3.05) is 20.6 Å². The van der Waals surface area contributed by atoms with Crippen LogP contribution >= 0.6 is 0 Å². The fraction of sp³-hybridized carbons (Fsp3) is 0.303. The van der Waals surface area contributed by atoms with E-state index < -0.39 is 21.3 Å². The van der Waals surface area contributed by atoms with Gasteiger partial charge in [-0.3, -0.25) is 0 Å². The molecule has 5 rings (SSSR count). The van der Waals surface area contributed by atoms with Crippen LogP contribution in [-0.2, 0) is 23.0 Å². The normalized spacial score (nSPS) is 16.9. The zero-order valence-electron chi connectivity index (χ0n) is 23.1. The maximum atomic E-state index is 14.2. The SMILES string of the molecule is C=CCn1cc(C[C@H]2CCCN2C)c2cc(C(C#N)S(=O)(=O)N(C)C(c3ccccc3)c3ccccc3)ccc21. The van der Waals surface area contributed by atoms with Gasteiger partial charge < -0.3 is 9.47 Å². The standard InChI is InChI=1S/C33H36N4O2S/c1-4-19-37-24-28(21-29-16-11-20-35(29)2)30-22-27(17-18-31(30)37)32(23-34)40(38,39)36(3)33(25-12-7-5-8-13-25)26-14-9-6-10-15-26/h4-10,12-15,17-18,22,24,29,32-33H,1,11,16,19-21H2,2-3H3/t29-,32?/m1/s1. The number of benzene rings is 3. The lowest BCUT2D eigenvalue weighted by molar-refractivity contribution is 0.309. The van der Waals surface area contributed by atoms with Crippen molar-refractivity contribution < 1.29 is 8.42 Å². The molecule has 0 spiro atoms. The Hall–Kier alpha value is -3.70. The number of nitriles is 1. The van der Waals surface area contributed by atoms with Gasteiger partial charge >= 0.3 is 0 Å². The Balaban J connectivity index is 1.56. The van der Waals surface area contributed by atoms with Gasteiger partial charge in [0.15, 0.2) is 5.25 Å². The topological polar surface area (TPSA) is 69.3 Å². The van der Waals surface area contributed by atoms with Crippen molar-refractivity contribution in [2.24, 2.45) is 0 Å². The quantitative estimate of drug-likeness (QED) is 0.224. The largest absolute Gasteiger partial charge is 0.343 e. The number of nitrogens with zero attached hydrogens (tertiary/aromatic N) is 4. The van der Waals surface area contributed by atoms with Crippen LogP contribution in [0.4, 0.5) is 0 Å². The highest BCUT2D eigenvalue weighted by Gasteiger charge is 2.37. The van der Waals surface area contributed by atoms with Crippen LogP contribution in [0.2, 0.25) is 0 Å². The number of sulfonamides is 1. The van der Waals surface area contributed by atoms with Crippen LogP contribution < -0.4 is 0 Å². The van der Waals surface area contributed by atoms with Crippen molar-refractivity contribution in [1.29, 1.82) is 5.26 Å². The van der Waals surface area contributed by atoms with Crippen LogP contribution in [0.3, 0.4) is 0 Å². The van der Waals surface area contributed by atoms with Crippen LogP contribution in [0, 0.1) is 11.3 Å². The minimum absolute atomic E-state index is 0.450. The number of aromatic nitrogens is 1. The molecule has 0 N–H and O–H groups in total. The van der Waals surface area contributed by atoms with Gasteiger partial charge in [0.2, 0.25) is 10.0 Å². The van der Waals surface area contributed by atoms with Crippen LogP contribution in [0.15, 0.2) is 97.7 Å². The molecule has 6 nitrogen and oxygen atoms in total. The summed E-state index contributed by atoms with van der Waals surface area (Å²) in [4.78, 5) is 2.39. The van der Waals surface area contributed by atoms with Crippen molar-refractivity contribution >= 4 is 20.9 Å². The average Bonchev–Trinajstić information content (AvgIpc) is 3.53. The molecule has 1 saturated heterocycles. The van der Waals surface area contributed by atoms with E-state index >= 15 is 0 Å². The summed E-state index contributed by atoms with van der Waals surface area (Å²) in [5, 5.41) is 9.96. The number of hydrogen-bond donors (Lipinski definition) is 0. The maximum Gasteiger partial charge on any atom is 0.235 e. The van der Waals surface area contributed by atoms with E-state index in [4.69, 9.17) is 0 Å². The molecule has 0 bridgehead atoms. The summed E-state index contributed by atoms with van der Waals surface area (Å²) in [6.07, 6.45) is 7.23. The highest BCUT2D eigenvalue weighted by molar-refractivity contribution is 7.89. The van der Waals surface area contributed by atoms with Crippen LogP contribution in [-0.4, -0.2) is 48.9 Å². The van der Waals surface area contributed by atoms with Gasteiger partial charge in [-0.2, -0.15) is 9.57 Å². The summed E-state index contributed by atoms with van der Waals surface area (Å²) in [5.74, 6) is 0. The highest BCUT2D eigenvalue weighted by Crippen LogP contribution is 2.36.